The van der Waals surface area contributed by atoms with Crippen molar-refractivity contribution in [2.75, 3.05) is 18.4 Å². The van der Waals surface area contributed by atoms with Crippen LogP contribution in [0.1, 0.15) is 70.9 Å². The minimum absolute atomic E-state index is 0.166. The average molecular weight is 610 g/mol. The van der Waals surface area contributed by atoms with E-state index in [9.17, 15) is 41.0 Å². The van der Waals surface area contributed by atoms with Crippen LogP contribution in [0.25, 0.3) is 0 Å². The molecule has 0 aromatic carbocycles. The number of likely N-dealkylation sites (tertiary alicyclic amines) is 1. The van der Waals surface area contributed by atoms with Gasteiger partial charge in [0.25, 0.3) is 11.8 Å². The van der Waals surface area contributed by atoms with Crippen molar-refractivity contribution >= 4 is 40.4 Å². The first-order valence-corrected chi connectivity index (χ1v) is 13.5. The minimum atomic E-state index is -5.07. The number of rotatable bonds is 9. The highest BCUT2D eigenvalue weighted by atomic mass is 32.1. The maximum absolute atomic E-state index is 14.2. The third kappa shape index (κ3) is 7.53. The van der Waals surface area contributed by atoms with Crippen LogP contribution in [0, 0.1) is 0 Å². The van der Waals surface area contributed by atoms with Gasteiger partial charge in [0.1, 0.15) is 11.4 Å². The molecule has 2 heterocycles. The van der Waals surface area contributed by atoms with Gasteiger partial charge in [0.2, 0.25) is 0 Å². The molecule has 2 amide bonds. The van der Waals surface area contributed by atoms with Crippen molar-refractivity contribution in [1.29, 1.82) is 0 Å². The molecule has 41 heavy (non-hydrogen) atoms. The van der Waals surface area contributed by atoms with E-state index >= 15 is 0 Å². The Hall–Kier alpha value is -2.81. The molecule has 2 atom stereocenters. The van der Waals surface area contributed by atoms with Gasteiger partial charge in [-0.3, -0.25) is 14.6 Å². The van der Waals surface area contributed by atoms with E-state index in [-0.39, 0.29) is 37.6 Å². The SMILES string of the molecule is C/C(=N\C(C(=O)N1CCC[C@@H]1C)C(=S)c1cnc(NC2(C(F)(F)F)CCC2)cc1C(F)(F)F)C(=O)NCC(C)(C)O. The van der Waals surface area contributed by atoms with Crippen LogP contribution in [0.15, 0.2) is 17.3 Å². The number of carbonyl (C=O) groups excluding carboxylic acids is 2. The predicted octanol–water partition coefficient (Wildman–Crippen LogP) is 4.44. The normalized spacial score (nSPS) is 20.3. The summed E-state index contributed by atoms with van der Waals surface area (Å²) in [4.78, 5) is 34.9. The fourth-order valence-corrected chi connectivity index (χ4v) is 4.99. The zero-order valence-corrected chi connectivity index (χ0v) is 23.9. The number of hydrogen-bond donors (Lipinski definition) is 3. The van der Waals surface area contributed by atoms with Gasteiger partial charge >= 0.3 is 12.4 Å². The standard InChI is InChI=1S/C26H33F6N5O3S/c1-14-7-5-10-37(14)22(39)19(35-15(2)21(38)34-13-23(3,4)40)20(41)16-12-33-18(11-17(16)25(27,28)29)36-24(8-6-9-24)26(30,31)32/h11-12,14,19,40H,5-10,13H2,1-4H3,(H,33,36)(H,34,38)/b35-15+/t14-,19?/m0/s1. The molecule has 2 aliphatic rings. The molecule has 0 spiro atoms. The topological polar surface area (TPSA) is 107 Å². The summed E-state index contributed by atoms with van der Waals surface area (Å²) in [6.45, 7) is 6.05. The van der Waals surface area contributed by atoms with Gasteiger partial charge in [-0.15, -0.1) is 0 Å². The lowest BCUT2D eigenvalue weighted by Gasteiger charge is -2.44. The van der Waals surface area contributed by atoms with Gasteiger partial charge in [-0.1, -0.05) is 12.2 Å². The van der Waals surface area contributed by atoms with Gasteiger partial charge in [0.15, 0.2) is 6.04 Å². The Labute approximate surface area is 239 Å². The molecule has 1 unspecified atom stereocenters. The summed E-state index contributed by atoms with van der Waals surface area (Å²) < 4.78 is 83.6. The Bertz CT molecular complexity index is 1210. The quantitative estimate of drug-likeness (QED) is 0.166. The molecule has 1 saturated heterocycles. The van der Waals surface area contributed by atoms with Crippen LogP contribution in [0.4, 0.5) is 32.2 Å². The van der Waals surface area contributed by atoms with Crippen LogP contribution in [-0.2, 0) is 15.8 Å². The molecule has 15 heteroatoms. The number of hydrogen-bond acceptors (Lipinski definition) is 7. The number of amides is 2. The van der Waals surface area contributed by atoms with E-state index in [1.54, 1.807) is 6.92 Å². The van der Waals surface area contributed by atoms with Crippen LogP contribution in [-0.4, -0.2) is 79.9 Å². The lowest BCUT2D eigenvalue weighted by Crippen LogP contribution is -2.57. The number of carbonyl (C=O) groups is 2. The lowest BCUT2D eigenvalue weighted by atomic mass is 9.76. The fourth-order valence-electron chi connectivity index (χ4n) is 4.68. The molecule has 1 aliphatic heterocycles. The lowest BCUT2D eigenvalue weighted by molar-refractivity contribution is -0.198. The highest BCUT2D eigenvalue weighted by Gasteiger charge is 2.58. The first-order valence-electron chi connectivity index (χ1n) is 13.1. The van der Waals surface area contributed by atoms with Gasteiger partial charge in [-0.2, -0.15) is 26.3 Å². The number of aliphatic hydroxyl groups is 1. The van der Waals surface area contributed by atoms with E-state index in [1.807, 2.05) is 0 Å². The summed E-state index contributed by atoms with van der Waals surface area (Å²) in [6, 6.07) is -1.52. The molecule has 1 aliphatic carbocycles. The molecule has 2 fully saturated rings. The molecule has 228 valence electrons. The largest absolute Gasteiger partial charge is 0.417 e. The van der Waals surface area contributed by atoms with Crippen molar-refractivity contribution < 1.29 is 41.0 Å². The predicted molar refractivity (Wildman–Crippen MR) is 144 cm³/mol. The number of halogens is 6. The molecular weight excluding hydrogens is 576 g/mol. The number of pyridine rings is 1. The zero-order chi connectivity index (χ0) is 31.0. The van der Waals surface area contributed by atoms with Crippen LogP contribution < -0.4 is 10.6 Å². The van der Waals surface area contributed by atoms with Crippen molar-refractivity contribution in [3.8, 4) is 0 Å². The second kappa shape index (κ2) is 11.8. The van der Waals surface area contributed by atoms with Crippen molar-refractivity contribution in [3.05, 3.63) is 23.4 Å². The average Bonchev–Trinajstić information content (AvgIpc) is 3.26. The third-order valence-corrected chi connectivity index (χ3v) is 7.69. The van der Waals surface area contributed by atoms with Crippen molar-refractivity contribution in [2.45, 2.75) is 95.4 Å². The van der Waals surface area contributed by atoms with E-state index in [1.165, 1.54) is 25.7 Å². The summed E-state index contributed by atoms with van der Waals surface area (Å²) in [5.41, 5.74) is -6.00. The number of aliphatic imine (C=N–C) groups is 1. The number of anilines is 1. The highest BCUT2D eigenvalue weighted by molar-refractivity contribution is 7.81. The zero-order valence-electron chi connectivity index (χ0n) is 23.0. The van der Waals surface area contributed by atoms with Crippen molar-refractivity contribution in [1.82, 2.24) is 15.2 Å². The number of nitrogens with one attached hydrogen (secondary N) is 2. The van der Waals surface area contributed by atoms with Crippen LogP contribution in [0.2, 0.25) is 0 Å². The van der Waals surface area contributed by atoms with Gasteiger partial charge in [-0.25, -0.2) is 4.98 Å². The fraction of sp³-hybridized carbons (Fsp3) is 0.654. The second-order valence-corrected chi connectivity index (χ2v) is 11.6. The Morgan fingerprint density at radius 2 is 1.85 bits per heavy atom. The van der Waals surface area contributed by atoms with E-state index in [0.717, 1.165) is 0 Å². The highest BCUT2D eigenvalue weighted by Crippen LogP contribution is 2.47. The Kier molecular flexibility index (Phi) is 9.43. The van der Waals surface area contributed by atoms with Gasteiger partial charge in [0.05, 0.1) is 21.7 Å². The number of nitrogens with zero attached hydrogens (tertiary/aromatic N) is 3. The monoisotopic (exact) mass is 609 g/mol. The molecule has 1 aromatic rings. The van der Waals surface area contributed by atoms with Crippen LogP contribution in [0.3, 0.4) is 0 Å². The summed E-state index contributed by atoms with van der Waals surface area (Å²) >= 11 is 5.36. The summed E-state index contributed by atoms with van der Waals surface area (Å²) in [7, 11) is 0. The Morgan fingerprint density at radius 1 is 1.22 bits per heavy atom. The van der Waals surface area contributed by atoms with E-state index in [0.29, 0.717) is 31.6 Å². The number of aromatic nitrogens is 1. The number of thiocarbonyl (C=S) groups is 1. The third-order valence-electron chi connectivity index (χ3n) is 7.24. The summed E-state index contributed by atoms with van der Waals surface area (Å²) in [6.07, 6.45) is -8.16. The number of alkyl halides is 6. The summed E-state index contributed by atoms with van der Waals surface area (Å²) in [5.74, 6) is -2.12. The molecule has 0 radical (unpaired) electrons. The maximum Gasteiger partial charge on any atom is 0.417 e. The molecule has 3 N–H and O–H groups in total. The van der Waals surface area contributed by atoms with Gasteiger partial charge in [0, 0.05) is 30.9 Å². The minimum Gasteiger partial charge on any atom is -0.389 e. The van der Waals surface area contributed by atoms with Crippen molar-refractivity contribution in [2.24, 2.45) is 4.99 Å². The first-order chi connectivity index (χ1) is 18.8. The van der Waals surface area contributed by atoms with Crippen molar-refractivity contribution in [3.63, 3.8) is 0 Å². The molecule has 1 saturated carbocycles. The molecule has 3 rings (SSSR count). The van der Waals surface area contributed by atoms with Crippen LogP contribution >= 0.6 is 12.2 Å². The molecule has 1 aromatic heterocycles. The Balaban J connectivity index is 2.03. The molecule has 8 nitrogen and oxygen atoms in total. The molecule has 0 bridgehead atoms. The Morgan fingerprint density at radius 3 is 2.32 bits per heavy atom. The summed E-state index contributed by atoms with van der Waals surface area (Å²) in [5, 5.41) is 14.4. The molecular formula is C26H33F6N5O3S. The van der Waals surface area contributed by atoms with Gasteiger partial charge in [-0.05, 0) is 65.9 Å². The van der Waals surface area contributed by atoms with E-state index in [2.05, 4.69) is 20.6 Å². The first kappa shape index (κ1) is 32.7. The van der Waals surface area contributed by atoms with Crippen LogP contribution in [0.5, 0.6) is 0 Å². The van der Waals surface area contributed by atoms with E-state index in [4.69, 9.17) is 12.2 Å². The smallest absolute Gasteiger partial charge is 0.389 e. The second-order valence-electron chi connectivity index (χ2n) is 11.2. The van der Waals surface area contributed by atoms with E-state index < -0.39 is 63.2 Å². The maximum atomic E-state index is 14.2. The van der Waals surface area contributed by atoms with Gasteiger partial charge < -0.3 is 20.6 Å².